The van der Waals surface area contributed by atoms with Crippen LogP contribution in [0.5, 0.6) is 5.75 Å². The minimum Gasteiger partial charge on any atom is -0.496 e. The van der Waals surface area contributed by atoms with Crippen molar-refractivity contribution in [1.82, 2.24) is 29.8 Å². The molecule has 3 unspecified atom stereocenters. The van der Waals surface area contributed by atoms with Gasteiger partial charge in [-0.05, 0) is 89.7 Å². The first-order valence-corrected chi connectivity index (χ1v) is 23.3. The van der Waals surface area contributed by atoms with E-state index >= 15 is 0 Å². The summed E-state index contributed by atoms with van der Waals surface area (Å²) >= 11 is 1.59. The average Bonchev–Trinajstić information content (AvgIpc) is 4.14. The topological polar surface area (TPSA) is 214 Å². The Hall–Kier alpha value is -4.77. The van der Waals surface area contributed by atoms with Crippen molar-refractivity contribution in [1.29, 1.82) is 0 Å². The number of amides is 5. The van der Waals surface area contributed by atoms with Crippen LogP contribution in [0.15, 0.2) is 40.5 Å². The highest BCUT2D eigenvalue weighted by atomic mass is 32.2. The Bertz CT molecular complexity index is 2280. The second-order valence-electron chi connectivity index (χ2n) is 16.5. The number of benzene rings is 1. The summed E-state index contributed by atoms with van der Waals surface area (Å²) in [6, 6.07) is 4.41. The lowest BCUT2D eigenvalue weighted by Gasteiger charge is -2.28. The van der Waals surface area contributed by atoms with Crippen LogP contribution in [0.4, 0.5) is 4.79 Å². The number of hydrogen-bond donors (Lipinski definition) is 4. The summed E-state index contributed by atoms with van der Waals surface area (Å²) in [6.07, 6.45) is 15.5. The molecule has 2 aromatic heterocycles. The predicted octanol–water partition coefficient (Wildman–Crippen LogP) is 4.99. The lowest BCUT2D eigenvalue weighted by Crippen LogP contribution is -2.56. The normalized spacial score (nSPS) is 24.9. The van der Waals surface area contributed by atoms with Crippen molar-refractivity contribution in [3.63, 3.8) is 0 Å². The zero-order valence-electron chi connectivity index (χ0n) is 33.8. The molecule has 1 aromatic carbocycles. The van der Waals surface area contributed by atoms with Gasteiger partial charge in [-0.3, -0.25) is 23.9 Å². The van der Waals surface area contributed by atoms with E-state index in [4.69, 9.17) is 10.5 Å². The average molecular weight is 850 g/mol. The fourth-order valence-electron chi connectivity index (χ4n) is 7.89. The summed E-state index contributed by atoms with van der Waals surface area (Å²) in [7, 11) is -2.06. The largest absolute Gasteiger partial charge is 0.496 e. The molecule has 59 heavy (non-hydrogen) atoms. The number of allylic oxidation sites excluding steroid dienone is 1. The molecule has 0 radical (unpaired) electrons. The van der Waals surface area contributed by atoms with Gasteiger partial charge in [-0.25, -0.2) is 18.2 Å². The summed E-state index contributed by atoms with van der Waals surface area (Å²) in [4.78, 5) is 72.5. The smallest absolute Gasteiger partial charge is 0.314 e. The Morgan fingerprint density at radius 2 is 1.76 bits per heavy atom. The molecule has 6 aliphatic rings. The number of H-pyrrole nitrogens is 1. The number of nitrogens with two attached hydrogens (primary N) is 1. The van der Waals surface area contributed by atoms with E-state index in [0.29, 0.717) is 50.0 Å². The first kappa shape index (κ1) is 42.4. The molecule has 5 fully saturated rings. The van der Waals surface area contributed by atoms with Crippen LogP contribution < -0.4 is 25.9 Å². The third-order valence-corrected chi connectivity index (χ3v) is 14.8. The van der Waals surface area contributed by atoms with Gasteiger partial charge in [0, 0.05) is 60.3 Å². The van der Waals surface area contributed by atoms with Crippen LogP contribution in [-0.2, 0) is 24.4 Å². The molecule has 5 amide bonds. The van der Waals surface area contributed by atoms with Crippen LogP contribution in [0.25, 0.3) is 21.6 Å². The van der Waals surface area contributed by atoms with E-state index < -0.39 is 32.8 Å². The van der Waals surface area contributed by atoms with Crippen molar-refractivity contribution in [2.45, 2.75) is 120 Å². The van der Waals surface area contributed by atoms with E-state index in [1.165, 1.54) is 12.8 Å². The second-order valence-corrected chi connectivity index (χ2v) is 19.3. The molecule has 0 spiro atoms. The minimum atomic E-state index is -3.70. The molecule has 3 aromatic rings. The van der Waals surface area contributed by atoms with Crippen LogP contribution in [0.3, 0.4) is 0 Å². The number of aromatic nitrogens is 2. The molecule has 0 bridgehead atoms. The van der Waals surface area contributed by atoms with Crippen molar-refractivity contribution < 1.29 is 32.3 Å². The van der Waals surface area contributed by atoms with Gasteiger partial charge >= 0.3 is 6.03 Å². The highest BCUT2D eigenvalue weighted by molar-refractivity contribution is 7.91. The van der Waals surface area contributed by atoms with Gasteiger partial charge < -0.3 is 30.6 Å². The number of aromatic amines is 1. The number of sulfonamides is 1. The number of carbonyl (C=O) groups excluding carboxylic acids is 4. The highest BCUT2D eigenvalue weighted by Gasteiger charge is 2.61. The Balaban J connectivity index is 0.000000158. The quantitative estimate of drug-likeness (QED) is 0.246. The van der Waals surface area contributed by atoms with Gasteiger partial charge in [-0.15, -0.1) is 11.3 Å². The zero-order chi connectivity index (χ0) is 41.9. The summed E-state index contributed by atoms with van der Waals surface area (Å²) in [5, 5.41) is 6.01. The first-order chi connectivity index (χ1) is 28.3. The van der Waals surface area contributed by atoms with Crippen molar-refractivity contribution in [2.75, 3.05) is 26.7 Å². The second kappa shape index (κ2) is 17.8. The fraction of sp³-hybridized carbons (Fsp3) is 0.571. The molecular weight excluding hydrogens is 795 g/mol. The number of thiazole rings is 1. The van der Waals surface area contributed by atoms with Crippen LogP contribution in [0.2, 0.25) is 0 Å². The summed E-state index contributed by atoms with van der Waals surface area (Å²) in [5.74, 6) is 0.148. The van der Waals surface area contributed by atoms with Gasteiger partial charge in [-0.2, -0.15) is 0 Å². The van der Waals surface area contributed by atoms with Crippen LogP contribution in [0.1, 0.15) is 107 Å². The van der Waals surface area contributed by atoms with Gasteiger partial charge in [0.25, 0.3) is 5.91 Å². The first-order valence-electron chi connectivity index (χ1n) is 20.9. The minimum absolute atomic E-state index is 0.0113. The van der Waals surface area contributed by atoms with E-state index in [0.717, 1.165) is 91.3 Å². The Morgan fingerprint density at radius 3 is 2.42 bits per heavy atom. The molecule has 9 rings (SSSR count). The van der Waals surface area contributed by atoms with E-state index in [9.17, 15) is 32.4 Å². The summed E-state index contributed by atoms with van der Waals surface area (Å²) < 4.78 is 32.1. The van der Waals surface area contributed by atoms with E-state index in [2.05, 4.69) is 25.4 Å². The van der Waals surface area contributed by atoms with Gasteiger partial charge in [-0.1, -0.05) is 25.0 Å². The van der Waals surface area contributed by atoms with E-state index in [-0.39, 0.29) is 29.2 Å². The van der Waals surface area contributed by atoms with Gasteiger partial charge in [0.2, 0.25) is 21.8 Å². The number of rotatable bonds is 6. The third kappa shape index (κ3) is 9.83. The SMILES string of the molecule is COc1ccc2c(=O)cc(-c3nc(C4CC4)cs3)[nH]c2c1C.NC(=O)N1CCC1.O=C1NC2(C(=O)NS(=O)(=O)C3CC3)CC2/C=C\CCCCCCC(=O)N2CCCC12. The molecule has 3 aliphatic heterocycles. The van der Waals surface area contributed by atoms with Crippen LogP contribution in [0, 0.1) is 12.8 Å². The van der Waals surface area contributed by atoms with Crippen molar-refractivity contribution >= 4 is 56.0 Å². The Kier molecular flexibility index (Phi) is 12.8. The number of fused-ring (bicyclic) bond motifs is 3. The lowest BCUT2D eigenvalue weighted by atomic mass is 10.1. The van der Waals surface area contributed by atoms with Crippen LogP contribution in [-0.4, -0.2) is 95.5 Å². The molecule has 318 valence electrons. The Labute approximate surface area is 348 Å². The predicted molar refractivity (Wildman–Crippen MR) is 225 cm³/mol. The molecule has 3 aliphatic carbocycles. The molecule has 3 atom stereocenters. The summed E-state index contributed by atoms with van der Waals surface area (Å²) in [6.45, 7) is 4.22. The number of primary amides is 1. The Morgan fingerprint density at radius 1 is 1.00 bits per heavy atom. The maximum absolute atomic E-state index is 13.1. The maximum Gasteiger partial charge on any atom is 0.314 e. The number of urea groups is 1. The number of likely N-dealkylation sites (tertiary alicyclic amines) is 1. The number of nitrogens with one attached hydrogen (secondary N) is 3. The van der Waals surface area contributed by atoms with Gasteiger partial charge in [0.05, 0.1) is 29.3 Å². The highest BCUT2D eigenvalue weighted by Crippen LogP contribution is 2.46. The molecular formula is C42H55N7O8S2. The lowest BCUT2D eigenvalue weighted by molar-refractivity contribution is -0.139. The number of nitrogens with zero attached hydrogens (tertiary/aromatic N) is 3. The van der Waals surface area contributed by atoms with Crippen molar-refractivity contribution in [3.05, 3.63) is 57.2 Å². The standard InChI is InChI=1S/C21H31N3O5S.C17H16N2O2S.C4H8N2O/c25-18-10-6-4-2-1-3-5-8-15-14-21(15,20(27)23-30(28,29)16-11-12-16)22-19(26)17-9-7-13-24(17)18;1-9-15(21-2)6-5-11-14(20)7-12(18-16(9)11)17-19-13(8-22-17)10-3-4-10;5-4(7)6-2-1-3-6/h5,8,15-17H,1-4,6-7,9-14H2,(H,22,26)(H,23,27);5-8,10H,3-4H2,1-2H3,(H,18,20);1-3H2,(H2,5,7)/b8-5-;;. The maximum atomic E-state index is 13.1. The number of ether oxygens (including phenoxy) is 1. The fourth-order valence-corrected chi connectivity index (χ4v) is 10.1. The molecule has 15 nitrogen and oxygen atoms in total. The van der Waals surface area contributed by atoms with Gasteiger partial charge in [0.15, 0.2) is 5.43 Å². The third-order valence-electron chi connectivity index (χ3n) is 12.1. The summed E-state index contributed by atoms with van der Waals surface area (Å²) in [5.41, 5.74) is 7.36. The molecule has 5 N–H and O–H groups in total. The number of hydrogen-bond acceptors (Lipinski definition) is 10. The molecule has 3 saturated carbocycles. The van der Waals surface area contributed by atoms with Gasteiger partial charge in [0.1, 0.15) is 22.3 Å². The molecule has 17 heteroatoms. The van der Waals surface area contributed by atoms with E-state index in [1.54, 1.807) is 40.4 Å². The van der Waals surface area contributed by atoms with Crippen LogP contribution >= 0.6 is 11.3 Å². The zero-order valence-corrected chi connectivity index (χ0v) is 35.4. The van der Waals surface area contributed by atoms with Crippen molar-refractivity contribution in [2.24, 2.45) is 11.7 Å². The molecule has 2 saturated heterocycles. The number of carbonyl (C=O) groups is 4. The monoisotopic (exact) mass is 849 g/mol. The number of pyridine rings is 1. The van der Waals surface area contributed by atoms with E-state index in [1.807, 2.05) is 25.1 Å². The number of aryl methyl sites for hydroxylation is 1. The van der Waals surface area contributed by atoms with Crippen molar-refractivity contribution in [3.8, 4) is 16.5 Å². The molecule has 5 heterocycles. The number of methoxy groups -OCH3 is 1.